The van der Waals surface area contributed by atoms with Gasteiger partial charge in [-0.25, -0.2) is 0 Å². The van der Waals surface area contributed by atoms with Crippen molar-refractivity contribution in [3.8, 4) is 0 Å². The summed E-state index contributed by atoms with van der Waals surface area (Å²) in [4.78, 5) is 13.9. The molecule has 0 amide bonds. The molecule has 4 nitrogen and oxygen atoms in total. The molecule has 19 heavy (non-hydrogen) atoms. The van der Waals surface area contributed by atoms with Crippen LogP contribution in [0.2, 0.25) is 0 Å². The van der Waals surface area contributed by atoms with Crippen LogP contribution in [-0.4, -0.2) is 38.8 Å². The lowest BCUT2D eigenvalue weighted by Gasteiger charge is -2.25. The van der Waals surface area contributed by atoms with Crippen LogP contribution in [0, 0.1) is 0 Å². The Kier molecular flexibility index (Phi) is 6.97. The molecule has 0 radical (unpaired) electrons. The van der Waals surface area contributed by atoms with E-state index in [0.717, 1.165) is 26.1 Å². The molecule has 0 heterocycles. The van der Waals surface area contributed by atoms with E-state index in [9.17, 15) is 4.79 Å². The van der Waals surface area contributed by atoms with Crippen LogP contribution >= 0.6 is 0 Å². The average molecular weight is 264 g/mol. The maximum atomic E-state index is 11.6. The van der Waals surface area contributed by atoms with E-state index in [-0.39, 0.29) is 12.0 Å². The van der Waals surface area contributed by atoms with E-state index in [0.29, 0.717) is 0 Å². The number of carbonyl (C=O) groups excluding carboxylic acids is 1. The van der Waals surface area contributed by atoms with E-state index in [1.54, 1.807) is 0 Å². The van der Waals surface area contributed by atoms with E-state index < -0.39 is 0 Å². The van der Waals surface area contributed by atoms with Crippen LogP contribution < -0.4 is 10.2 Å². The maximum Gasteiger partial charge on any atom is 0.322 e. The fourth-order valence-corrected chi connectivity index (χ4v) is 2.09. The zero-order valence-corrected chi connectivity index (χ0v) is 12.1. The van der Waals surface area contributed by atoms with Crippen molar-refractivity contribution < 1.29 is 9.53 Å². The smallest absolute Gasteiger partial charge is 0.322 e. The summed E-state index contributed by atoms with van der Waals surface area (Å²) in [5.41, 5.74) is 1.19. The fraction of sp³-hybridized carbons (Fsp3) is 0.533. The quantitative estimate of drug-likeness (QED) is 0.730. The summed E-state index contributed by atoms with van der Waals surface area (Å²) in [6.07, 6.45) is 0.739. The normalized spacial score (nSPS) is 11.9. The van der Waals surface area contributed by atoms with E-state index in [4.69, 9.17) is 4.74 Å². The molecule has 1 rings (SSSR count). The number of anilines is 1. The van der Waals surface area contributed by atoms with Gasteiger partial charge < -0.3 is 15.0 Å². The van der Waals surface area contributed by atoms with Crippen LogP contribution in [0.25, 0.3) is 0 Å². The third-order valence-electron chi connectivity index (χ3n) is 3.13. The predicted molar refractivity (Wildman–Crippen MR) is 78.4 cm³/mol. The number of esters is 1. The molecule has 1 aromatic rings. The van der Waals surface area contributed by atoms with Gasteiger partial charge in [-0.1, -0.05) is 25.1 Å². The molecular weight excluding hydrogens is 240 g/mol. The molecule has 1 N–H and O–H groups in total. The number of methoxy groups -OCH3 is 1. The summed E-state index contributed by atoms with van der Waals surface area (Å²) in [6.45, 7) is 6.62. The van der Waals surface area contributed by atoms with Crippen LogP contribution in [0.4, 0.5) is 5.69 Å². The Morgan fingerprint density at radius 2 is 2.00 bits per heavy atom. The third-order valence-corrected chi connectivity index (χ3v) is 3.13. The van der Waals surface area contributed by atoms with Crippen molar-refractivity contribution >= 4 is 11.7 Å². The number of likely N-dealkylation sites (N-methyl/N-ethyl adjacent to an activating group) is 1. The molecule has 4 heteroatoms. The molecule has 0 aliphatic heterocycles. The first-order valence-corrected chi connectivity index (χ1v) is 6.84. The van der Waals surface area contributed by atoms with Crippen molar-refractivity contribution in [3.05, 3.63) is 30.3 Å². The molecule has 0 bridgehead atoms. The Morgan fingerprint density at radius 3 is 2.53 bits per heavy atom. The average Bonchev–Trinajstić information content (AvgIpc) is 2.47. The second-order valence-corrected chi connectivity index (χ2v) is 4.34. The minimum absolute atomic E-state index is 0.189. The lowest BCUT2D eigenvalue weighted by molar-refractivity contribution is -0.143. The molecule has 0 fully saturated rings. The van der Waals surface area contributed by atoms with Crippen molar-refractivity contribution in [2.45, 2.75) is 26.3 Å². The van der Waals surface area contributed by atoms with Gasteiger partial charge in [0.05, 0.1) is 7.11 Å². The molecule has 1 atom stereocenters. The summed E-state index contributed by atoms with van der Waals surface area (Å²) < 4.78 is 4.82. The van der Waals surface area contributed by atoms with Gasteiger partial charge in [0.2, 0.25) is 0 Å². The van der Waals surface area contributed by atoms with Crippen molar-refractivity contribution in [3.63, 3.8) is 0 Å². The Hall–Kier alpha value is -1.55. The van der Waals surface area contributed by atoms with Gasteiger partial charge in [0.1, 0.15) is 6.04 Å². The van der Waals surface area contributed by atoms with Crippen molar-refractivity contribution in [2.24, 2.45) is 0 Å². The number of para-hydroxylation sites is 1. The second kappa shape index (κ2) is 8.53. The first-order chi connectivity index (χ1) is 9.22. The molecule has 1 unspecified atom stereocenters. The number of ether oxygens (including phenoxy) is 1. The van der Waals surface area contributed by atoms with Gasteiger partial charge in [0.25, 0.3) is 0 Å². The number of nitrogens with zero attached hydrogens (tertiary/aromatic N) is 1. The van der Waals surface area contributed by atoms with Gasteiger partial charge in [-0.15, -0.1) is 0 Å². The highest BCUT2D eigenvalue weighted by Gasteiger charge is 2.18. The molecule has 0 saturated carbocycles. The molecule has 0 aromatic heterocycles. The largest absolute Gasteiger partial charge is 0.468 e. The summed E-state index contributed by atoms with van der Waals surface area (Å²) in [5.74, 6) is -0.189. The molecule has 0 aliphatic carbocycles. The second-order valence-electron chi connectivity index (χ2n) is 4.34. The standard InChI is InChI=1S/C15H24N2O2/c1-4-16-14(15(18)19-3)11-12-17(5-2)13-9-7-6-8-10-13/h6-10,14,16H,4-5,11-12H2,1-3H3. The third kappa shape index (κ3) is 4.91. The van der Waals surface area contributed by atoms with Crippen LogP contribution in [0.3, 0.4) is 0 Å². The molecule has 0 saturated heterocycles. The van der Waals surface area contributed by atoms with E-state index in [1.807, 2.05) is 25.1 Å². The van der Waals surface area contributed by atoms with Crippen molar-refractivity contribution in [2.75, 3.05) is 31.6 Å². The van der Waals surface area contributed by atoms with Gasteiger partial charge in [-0.05, 0) is 32.0 Å². The zero-order valence-electron chi connectivity index (χ0n) is 12.1. The number of benzene rings is 1. The molecule has 1 aromatic carbocycles. The van der Waals surface area contributed by atoms with Gasteiger partial charge in [0.15, 0.2) is 0 Å². The van der Waals surface area contributed by atoms with Crippen molar-refractivity contribution in [1.29, 1.82) is 0 Å². The lowest BCUT2D eigenvalue weighted by Crippen LogP contribution is -2.40. The van der Waals surface area contributed by atoms with Gasteiger partial charge in [-0.3, -0.25) is 4.79 Å². The first kappa shape index (κ1) is 15.5. The molecule has 0 spiro atoms. The molecule has 0 aliphatic rings. The van der Waals surface area contributed by atoms with Crippen LogP contribution in [0.5, 0.6) is 0 Å². The van der Waals surface area contributed by atoms with Crippen molar-refractivity contribution in [1.82, 2.24) is 5.32 Å². The first-order valence-electron chi connectivity index (χ1n) is 6.84. The number of nitrogens with one attached hydrogen (secondary N) is 1. The Labute approximate surface area is 115 Å². The highest BCUT2D eigenvalue weighted by Crippen LogP contribution is 2.13. The summed E-state index contributed by atoms with van der Waals surface area (Å²) in [7, 11) is 1.43. The fourth-order valence-electron chi connectivity index (χ4n) is 2.09. The topological polar surface area (TPSA) is 41.6 Å². The Balaban J connectivity index is 2.58. The number of hydrogen-bond donors (Lipinski definition) is 1. The summed E-state index contributed by atoms with van der Waals surface area (Å²) in [5, 5.41) is 3.16. The van der Waals surface area contributed by atoms with Gasteiger partial charge in [0, 0.05) is 18.8 Å². The highest BCUT2D eigenvalue weighted by atomic mass is 16.5. The number of carbonyl (C=O) groups is 1. The monoisotopic (exact) mass is 264 g/mol. The van der Waals surface area contributed by atoms with Crippen LogP contribution in [0.1, 0.15) is 20.3 Å². The van der Waals surface area contributed by atoms with E-state index in [1.165, 1.54) is 12.8 Å². The summed E-state index contributed by atoms with van der Waals surface area (Å²) in [6, 6.07) is 10.0. The van der Waals surface area contributed by atoms with Crippen LogP contribution in [0.15, 0.2) is 30.3 Å². The van der Waals surface area contributed by atoms with Gasteiger partial charge >= 0.3 is 5.97 Å². The Morgan fingerprint density at radius 1 is 1.32 bits per heavy atom. The minimum Gasteiger partial charge on any atom is -0.468 e. The molecule has 106 valence electrons. The highest BCUT2D eigenvalue weighted by molar-refractivity contribution is 5.75. The minimum atomic E-state index is -0.229. The van der Waals surface area contributed by atoms with Gasteiger partial charge in [-0.2, -0.15) is 0 Å². The zero-order chi connectivity index (χ0) is 14.1. The van der Waals surface area contributed by atoms with E-state index in [2.05, 4.69) is 29.3 Å². The maximum absolute atomic E-state index is 11.6. The Bertz CT molecular complexity index is 368. The van der Waals surface area contributed by atoms with Crippen LogP contribution in [-0.2, 0) is 9.53 Å². The number of rotatable bonds is 8. The predicted octanol–water partition coefficient (Wildman–Crippen LogP) is 2.05. The SMILES string of the molecule is CCNC(CCN(CC)c1ccccc1)C(=O)OC. The lowest BCUT2D eigenvalue weighted by atomic mass is 10.2. The van der Waals surface area contributed by atoms with E-state index >= 15 is 0 Å². The molecular formula is C15H24N2O2. The number of hydrogen-bond acceptors (Lipinski definition) is 4. The summed E-state index contributed by atoms with van der Waals surface area (Å²) >= 11 is 0.